The Bertz CT molecular complexity index is 971. The summed E-state index contributed by atoms with van der Waals surface area (Å²) in [5, 5.41) is 0.282. The third-order valence-corrected chi connectivity index (χ3v) is 8.72. The SMILES string of the molecule is Cc1ccc(S(=O)(=O)c2nc(S(C)(=O)=O)sc2N2CCCCC2)cc1. The van der Waals surface area contributed by atoms with Crippen LogP contribution in [0, 0.1) is 6.92 Å². The van der Waals surface area contributed by atoms with Gasteiger partial charge in [-0.3, -0.25) is 0 Å². The van der Waals surface area contributed by atoms with Crippen LogP contribution in [0.1, 0.15) is 24.8 Å². The van der Waals surface area contributed by atoms with Gasteiger partial charge in [0.2, 0.25) is 24.0 Å². The first-order valence-corrected chi connectivity index (χ1v) is 12.2. The number of hydrogen-bond donors (Lipinski definition) is 0. The van der Waals surface area contributed by atoms with Crippen molar-refractivity contribution in [3.05, 3.63) is 29.8 Å². The summed E-state index contributed by atoms with van der Waals surface area (Å²) in [6.07, 6.45) is 4.05. The van der Waals surface area contributed by atoms with Crippen LogP contribution in [-0.4, -0.2) is 41.2 Å². The van der Waals surface area contributed by atoms with Gasteiger partial charge in [0, 0.05) is 19.3 Å². The molecule has 2 aromatic rings. The number of benzene rings is 1. The van der Waals surface area contributed by atoms with E-state index in [1.165, 1.54) is 12.1 Å². The van der Waals surface area contributed by atoms with Crippen molar-refractivity contribution in [2.45, 2.75) is 40.4 Å². The molecule has 1 aliphatic heterocycles. The number of hydrogen-bond acceptors (Lipinski definition) is 7. The lowest BCUT2D eigenvalue weighted by molar-refractivity contribution is 0.571. The summed E-state index contributed by atoms with van der Waals surface area (Å²) in [6.45, 7) is 3.30. The number of rotatable bonds is 4. The summed E-state index contributed by atoms with van der Waals surface area (Å²) in [7, 11) is -7.46. The number of aromatic nitrogens is 1. The van der Waals surface area contributed by atoms with Gasteiger partial charge in [-0.1, -0.05) is 29.0 Å². The lowest BCUT2D eigenvalue weighted by Gasteiger charge is -2.27. The molecule has 0 saturated carbocycles. The highest BCUT2D eigenvalue weighted by molar-refractivity contribution is 7.93. The molecule has 0 amide bonds. The van der Waals surface area contributed by atoms with Gasteiger partial charge in [0.05, 0.1) is 4.90 Å². The van der Waals surface area contributed by atoms with Crippen LogP contribution in [0.15, 0.2) is 38.5 Å². The van der Waals surface area contributed by atoms with Gasteiger partial charge < -0.3 is 4.90 Å². The maximum Gasteiger partial charge on any atom is 0.226 e. The Kier molecular flexibility index (Phi) is 4.91. The Morgan fingerprint density at radius 1 is 1.00 bits per heavy atom. The number of sulfone groups is 2. The summed E-state index contributed by atoms with van der Waals surface area (Å²) in [6, 6.07) is 6.50. The molecular formula is C16H20N2O4S3. The molecule has 0 bridgehead atoms. The zero-order valence-corrected chi connectivity index (χ0v) is 16.5. The maximum absolute atomic E-state index is 13.1. The van der Waals surface area contributed by atoms with Gasteiger partial charge in [-0.2, -0.15) is 0 Å². The average Bonchev–Trinajstić information content (AvgIpc) is 3.02. The lowest BCUT2D eigenvalue weighted by atomic mass is 10.1. The van der Waals surface area contributed by atoms with Crippen molar-refractivity contribution in [2.75, 3.05) is 24.2 Å². The van der Waals surface area contributed by atoms with Crippen molar-refractivity contribution in [2.24, 2.45) is 0 Å². The fourth-order valence-corrected chi connectivity index (χ4v) is 6.44. The van der Waals surface area contributed by atoms with Gasteiger partial charge in [-0.05, 0) is 38.3 Å². The highest BCUT2D eigenvalue weighted by Gasteiger charge is 2.32. The molecular weight excluding hydrogens is 380 g/mol. The average molecular weight is 401 g/mol. The number of thiazole rings is 1. The summed E-state index contributed by atoms with van der Waals surface area (Å²) < 4.78 is 49.8. The normalized spacial score (nSPS) is 16.2. The van der Waals surface area contributed by atoms with E-state index in [0.29, 0.717) is 18.1 Å². The molecule has 0 N–H and O–H groups in total. The Hall–Kier alpha value is -1.45. The van der Waals surface area contributed by atoms with E-state index in [4.69, 9.17) is 0 Å². The summed E-state index contributed by atoms with van der Waals surface area (Å²) in [5.74, 6) is 0. The van der Waals surface area contributed by atoms with Crippen LogP contribution in [0.25, 0.3) is 0 Å². The van der Waals surface area contributed by atoms with E-state index in [1.807, 2.05) is 11.8 Å². The number of nitrogens with zero attached hydrogens (tertiary/aromatic N) is 2. The van der Waals surface area contributed by atoms with Gasteiger partial charge in [0.1, 0.15) is 5.00 Å². The van der Waals surface area contributed by atoms with Crippen LogP contribution < -0.4 is 4.90 Å². The molecule has 3 rings (SSSR count). The molecule has 1 aromatic heterocycles. The molecule has 9 heteroatoms. The zero-order valence-electron chi connectivity index (χ0n) is 14.1. The second-order valence-corrected chi connectivity index (χ2v) is 11.3. The van der Waals surface area contributed by atoms with Crippen molar-refractivity contribution in [3.8, 4) is 0 Å². The Balaban J connectivity index is 2.16. The Labute approximate surface area is 152 Å². The molecule has 6 nitrogen and oxygen atoms in total. The topological polar surface area (TPSA) is 84.4 Å². The lowest BCUT2D eigenvalue weighted by Crippen LogP contribution is -2.29. The Morgan fingerprint density at radius 3 is 2.16 bits per heavy atom. The molecule has 0 atom stereocenters. The summed E-state index contributed by atoms with van der Waals surface area (Å²) in [4.78, 5) is 6.10. The zero-order chi connectivity index (χ0) is 18.2. The number of piperidine rings is 1. The van der Waals surface area contributed by atoms with E-state index in [0.717, 1.165) is 42.4 Å². The largest absolute Gasteiger partial charge is 0.361 e. The molecule has 2 heterocycles. The quantitative estimate of drug-likeness (QED) is 0.784. The molecule has 1 aliphatic rings. The Morgan fingerprint density at radius 2 is 1.60 bits per heavy atom. The molecule has 0 aliphatic carbocycles. The highest BCUT2D eigenvalue weighted by atomic mass is 32.2. The first-order chi connectivity index (χ1) is 11.7. The molecule has 1 saturated heterocycles. The highest BCUT2D eigenvalue weighted by Crippen LogP contribution is 2.38. The van der Waals surface area contributed by atoms with Crippen molar-refractivity contribution >= 4 is 36.0 Å². The van der Waals surface area contributed by atoms with E-state index in [-0.39, 0.29) is 14.3 Å². The first-order valence-electron chi connectivity index (χ1n) is 7.97. The number of anilines is 1. The summed E-state index contributed by atoms with van der Waals surface area (Å²) >= 11 is 0.945. The van der Waals surface area contributed by atoms with Gasteiger partial charge in [-0.15, -0.1) is 0 Å². The second-order valence-electron chi connectivity index (χ2n) is 6.23. The van der Waals surface area contributed by atoms with Gasteiger partial charge in [0.25, 0.3) is 0 Å². The van der Waals surface area contributed by atoms with E-state index in [9.17, 15) is 16.8 Å². The van der Waals surface area contributed by atoms with Gasteiger partial charge in [-0.25, -0.2) is 21.8 Å². The van der Waals surface area contributed by atoms with Crippen LogP contribution in [0.3, 0.4) is 0 Å². The molecule has 0 radical (unpaired) electrons. The fraction of sp³-hybridized carbons (Fsp3) is 0.438. The monoisotopic (exact) mass is 400 g/mol. The van der Waals surface area contributed by atoms with Crippen LogP contribution in [0.4, 0.5) is 5.00 Å². The molecule has 1 fully saturated rings. The van der Waals surface area contributed by atoms with Crippen molar-refractivity contribution in [1.82, 2.24) is 4.98 Å². The van der Waals surface area contributed by atoms with Gasteiger partial charge >= 0.3 is 0 Å². The second kappa shape index (κ2) is 6.69. The third-order valence-electron chi connectivity index (χ3n) is 4.11. The first kappa shape index (κ1) is 18.3. The van der Waals surface area contributed by atoms with Crippen LogP contribution in [-0.2, 0) is 19.7 Å². The molecule has 25 heavy (non-hydrogen) atoms. The van der Waals surface area contributed by atoms with E-state index >= 15 is 0 Å². The molecule has 1 aromatic carbocycles. The van der Waals surface area contributed by atoms with E-state index < -0.39 is 19.7 Å². The fourth-order valence-electron chi connectivity index (χ4n) is 2.74. The van der Waals surface area contributed by atoms with E-state index in [1.54, 1.807) is 12.1 Å². The third kappa shape index (κ3) is 3.73. The molecule has 0 unspecified atom stereocenters. The van der Waals surface area contributed by atoms with Crippen LogP contribution in [0.5, 0.6) is 0 Å². The molecule has 0 spiro atoms. The van der Waals surface area contributed by atoms with Crippen molar-refractivity contribution in [3.63, 3.8) is 0 Å². The standard InChI is InChI=1S/C16H20N2O4S3/c1-12-6-8-13(9-7-12)25(21,22)14-15(18-10-4-3-5-11-18)23-16(17-14)24(2,19)20/h6-9H,3-5,10-11H2,1-2H3. The van der Waals surface area contributed by atoms with Crippen LogP contribution >= 0.6 is 11.3 Å². The molecule has 136 valence electrons. The minimum absolute atomic E-state index is 0.127. The van der Waals surface area contributed by atoms with Crippen LogP contribution in [0.2, 0.25) is 0 Å². The van der Waals surface area contributed by atoms with Crippen molar-refractivity contribution < 1.29 is 16.8 Å². The minimum atomic E-state index is -3.88. The predicted molar refractivity (Wildman–Crippen MR) is 97.9 cm³/mol. The smallest absolute Gasteiger partial charge is 0.226 e. The predicted octanol–water partition coefficient (Wildman–Crippen LogP) is 2.68. The minimum Gasteiger partial charge on any atom is -0.361 e. The summed E-state index contributed by atoms with van der Waals surface area (Å²) in [5.41, 5.74) is 0.949. The van der Waals surface area contributed by atoms with E-state index in [2.05, 4.69) is 4.98 Å². The maximum atomic E-state index is 13.1. The van der Waals surface area contributed by atoms with Crippen molar-refractivity contribution in [1.29, 1.82) is 0 Å². The number of aryl methyl sites for hydroxylation is 1. The van der Waals surface area contributed by atoms with Gasteiger partial charge in [0.15, 0.2) is 5.03 Å².